The van der Waals surface area contributed by atoms with Crippen molar-refractivity contribution in [3.05, 3.63) is 59.9 Å². The molecule has 3 heterocycles. The van der Waals surface area contributed by atoms with Gasteiger partial charge in [0.05, 0.1) is 12.6 Å². The molecule has 1 aromatic heterocycles. The third kappa shape index (κ3) is 3.49. The van der Waals surface area contributed by atoms with Gasteiger partial charge in [0, 0.05) is 38.1 Å². The topological polar surface area (TPSA) is 28.5 Å². The van der Waals surface area contributed by atoms with E-state index in [0.29, 0.717) is 12.5 Å². The van der Waals surface area contributed by atoms with Crippen LogP contribution in [0.15, 0.2) is 48.7 Å². The quantitative estimate of drug-likeness (QED) is 0.860. The number of benzene rings is 1. The van der Waals surface area contributed by atoms with Crippen molar-refractivity contribution in [2.75, 3.05) is 26.2 Å². The van der Waals surface area contributed by atoms with Gasteiger partial charge in [-0.3, -0.25) is 9.69 Å². The fourth-order valence-electron chi connectivity index (χ4n) is 4.21. The van der Waals surface area contributed by atoms with Crippen LogP contribution in [0.4, 0.5) is 0 Å². The number of nitrogens with zero attached hydrogens (tertiary/aromatic N) is 3. The van der Waals surface area contributed by atoms with Crippen LogP contribution in [0.25, 0.3) is 0 Å². The van der Waals surface area contributed by atoms with Crippen molar-refractivity contribution in [2.24, 2.45) is 0 Å². The molecule has 0 unspecified atom stereocenters. The number of hydrogen-bond acceptors (Lipinski definition) is 2. The molecule has 1 saturated heterocycles. The first-order valence-corrected chi connectivity index (χ1v) is 9.55. The molecule has 0 aliphatic carbocycles. The number of rotatable bonds is 3. The Morgan fingerprint density at radius 1 is 0.880 bits per heavy atom. The number of likely N-dealkylation sites (tertiary alicyclic amines) is 1. The molecule has 0 saturated carbocycles. The number of aromatic nitrogens is 1. The highest BCUT2D eigenvalue weighted by Crippen LogP contribution is 2.32. The molecule has 132 valence electrons. The van der Waals surface area contributed by atoms with Crippen molar-refractivity contribution in [1.82, 2.24) is 14.4 Å². The van der Waals surface area contributed by atoms with Crippen LogP contribution in [0.3, 0.4) is 0 Å². The second-order valence-corrected chi connectivity index (χ2v) is 7.21. The third-order valence-electron chi connectivity index (χ3n) is 5.55. The van der Waals surface area contributed by atoms with Gasteiger partial charge in [-0.1, -0.05) is 43.2 Å². The zero-order valence-electron chi connectivity index (χ0n) is 14.8. The van der Waals surface area contributed by atoms with Gasteiger partial charge in [0.15, 0.2) is 0 Å². The minimum Gasteiger partial charge on any atom is -0.348 e. The molecule has 0 spiro atoms. The molecule has 1 fully saturated rings. The van der Waals surface area contributed by atoms with Gasteiger partial charge in [-0.15, -0.1) is 0 Å². The van der Waals surface area contributed by atoms with Gasteiger partial charge in [0.2, 0.25) is 5.91 Å². The summed E-state index contributed by atoms with van der Waals surface area (Å²) in [5, 5.41) is 0. The highest BCUT2D eigenvalue weighted by atomic mass is 16.2. The van der Waals surface area contributed by atoms with E-state index in [9.17, 15) is 4.79 Å². The molecule has 0 N–H and O–H groups in total. The van der Waals surface area contributed by atoms with Gasteiger partial charge < -0.3 is 9.47 Å². The first kappa shape index (κ1) is 16.4. The van der Waals surface area contributed by atoms with E-state index in [1.165, 1.54) is 24.1 Å². The molecule has 1 aromatic carbocycles. The molecule has 4 rings (SSSR count). The second kappa shape index (κ2) is 7.44. The Kier molecular flexibility index (Phi) is 4.88. The van der Waals surface area contributed by atoms with Crippen LogP contribution in [0.2, 0.25) is 0 Å². The zero-order valence-corrected chi connectivity index (χ0v) is 14.8. The second-order valence-electron chi connectivity index (χ2n) is 7.21. The number of carbonyl (C=O) groups is 1. The summed E-state index contributed by atoms with van der Waals surface area (Å²) in [5.41, 5.74) is 2.56. The maximum Gasteiger partial charge on any atom is 0.236 e. The minimum absolute atomic E-state index is 0.167. The predicted molar refractivity (Wildman–Crippen MR) is 99.3 cm³/mol. The van der Waals surface area contributed by atoms with E-state index < -0.39 is 0 Å². The molecule has 0 bridgehead atoms. The summed E-state index contributed by atoms with van der Waals surface area (Å²) in [6, 6.07) is 15.1. The smallest absolute Gasteiger partial charge is 0.236 e. The van der Waals surface area contributed by atoms with E-state index >= 15 is 0 Å². The van der Waals surface area contributed by atoms with Crippen LogP contribution in [0.5, 0.6) is 0 Å². The standard InChI is InChI=1S/C21H27N3O/c25-20(23-12-6-1-2-7-13-23)17-24-16-15-22-14-8-11-19(22)21(24)18-9-4-3-5-10-18/h3-5,8-11,14,21H,1-2,6-7,12-13,15-17H2/t21-/m0/s1. The summed E-state index contributed by atoms with van der Waals surface area (Å²) in [5.74, 6) is 0.294. The summed E-state index contributed by atoms with van der Waals surface area (Å²) >= 11 is 0. The molecule has 25 heavy (non-hydrogen) atoms. The lowest BCUT2D eigenvalue weighted by Gasteiger charge is -2.38. The van der Waals surface area contributed by atoms with Crippen molar-refractivity contribution in [3.63, 3.8) is 0 Å². The predicted octanol–water partition coefficient (Wildman–Crippen LogP) is 3.30. The fourth-order valence-corrected chi connectivity index (χ4v) is 4.21. The van der Waals surface area contributed by atoms with Crippen molar-refractivity contribution >= 4 is 5.91 Å². The molecular formula is C21H27N3O. The summed E-state index contributed by atoms with van der Waals surface area (Å²) in [6.07, 6.45) is 6.97. The Bertz CT molecular complexity index is 701. The minimum atomic E-state index is 0.167. The Morgan fingerprint density at radius 2 is 1.64 bits per heavy atom. The van der Waals surface area contributed by atoms with Gasteiger partial charge in [-0.05, 0) is 30.5 Å². The molecule has 0 radical (unpaired) electrons. The first-order valence-electron chi connectivity index (χ1n) is 9.55. The monoisotopic (exact) mass is 337 g/mol. The lowest BCUT2D eigenvalue weighted by atomic mass is 10.00. The van der Waals surface area contributed by atoms with Crippen LogP contribution in [-0.4, -0.2) is 46.5 Å². The molecule has 2 aromatic rings. The number of carbonyl (C=O) groups excluding carboxylic acids is 1. The van der Waals surface area contributed by atoms with E-state index in [1.54, 1.807) is 0 Å². The average Bonchev–Trinajstić information content (AvgIpc) is 2.95. The number of fused-ring (bicyclic) bond motifs is 1. The lowest BCUT2D eigenvalue weighted by molar-refractivity contribution is -0.133. The summed E-state index contributed by atoms with van der Waals surface area (Å²) in [6.45, 7) is 4.25. The van der Waals surface area contributed by atoms with Gasteiger partial charge in [-0.25, -0.2) is 0 Å². The van der Waals surface area contributed by atoms with Gasteiger partial charge in [0.1, 0.15) is 0 Å². The Labute approximate surface area is 150 Å². The number of amides is 1. The van der Waals surface area contributed by atoms with E-state index in [-0.39, 0.29) is 6.04 Å². The van der Waals surface area contributed by atoms with E-state index in [0.717, 1.165) is 39.0 Å². The van der Waals surface area contributed by atoms with Crippen LogP contribution in [0.1, 0.15) is 43.0 Å². The van der Waals surface area contributed by atoms with Crippen LogP contribution < -0.4 is 0 Å². The van der Waals surface area contributed by atoms with Crippen molar-refractivity contribution in [3.8, 4) is 0 Å². The van der Waals surface area contributed by atoms with Crippen LogP contribution in [0, 0.1) is 0 Å². The van der Waals surface area contributed by atoms with Crippen molar-refractivity contribution < 1.29 is 4.79 Å². The fraction of sp³-hybridized carbons (Fsp3) is 0.476. The largest absolute Gasteiger partial charge is 0.348 e. The van der Waals surface area contributed by atoms with Gasteiger partial charge in [0.25, 0.3) is 0 Å². The number of hydrogen-bond donors (Lipinski definition) is 0. The lowest BCUT2D eigenvalue weighted by Crippen LogP contribution is -2.46. The van der Waals surface area contributed by atoms with Crippen molar-refractivity contribution in [1.29, 1.82) is 0 Å². The molecule has 1 amide bonds. The van der Waals surface area contributed by atoms with Gasteiger partial charge in [-0.2, -0.15) is 0 Å². The van der Waals surface area contributed by atoms with E-state index in [4.69, 9.17) is 0 Å². The Hall–Kier alpha value is -2.07. The molecular weight excluding hydrogens is 310 g/mol. The van der Waals surface area contributed by atoms with E-state index in [1.807, 2.05) is 0 Å². The maximum absolute atomic E-state index is 12.9. The summed E-state index contributed by atoms with van der Waals surface area (Å²) in [4.78, 5) is 17.4. The first-order chi connectivity index (χ1) is 12.3. The summed E-state index contributed by atoms with van der Waals surface area (Å²) < 4.78 is 2.32. The molecule has 2 aliphatic heterocycles. The summed E-state index contributed by atoms with van der Waals surface area (Å²) in [7, 11) is 0. The van der Waals surface area contributed by atoms with Crippen molar-refractivity contribution in [2.45, 2.75) is 38.3 Å². The van der Waals surface area contributed by atoms with Crippen LogP contribution in [-0.2, 0) is 11.3 Å². The normalized spacial score (nSPS) is 21.6. The Balaban J connectivity index is 1.56. The average molecular weight is 337 g/mol. The highest BCUT2D eigenvalue weighted by Gasteiger charge is 2.31. The molecule has 1 atom stereocenters. The zero-order chi connectivity index (χ0) is 17.1. The Morgan fingerprint density at radius 3 is 2.40 bits per heavy atom. The van der Waals surface area contributed by atoms with Crippen LogP contribution >= 0.6 is 0 Å². The third-order valence-corrected chi connectivity index (χ3v) is 5.55. The molecule has 4 heteroatoms. The van der Waals surface area contributed by atoms with E-state index in [2.05, 4.69) is 63.0 Å². The molecule has 2 aliphatic rings. The maximum atomic E-state index is 12.9. The van der Waals surface area contributed by atoms with Gasteiger partial charge >= 0.3 is 0 Å². The SMILES string of the molecule is O=C(CN1CCn2cccc2[C@@H]1c1ccccc1)N1CCCCCC1. The molecule has 4 nitrogen and oxygen atoms in total. The highest BCUT2D eigenvalue weighted by molar-refractivity contribution is 5.78.